The van der Waals surface area contributed by atoms with Crippen molar-refractivity contribution >= 4 is 22.8 Å². The Kier molecular flexibility index (Phi) is 5.11. The Bertz CT molecular complexity index is 842. The van der Waals surface area contributed by atoms with Gasteiger partial charge in [-0.15, -0.1) is 0 Å². The fourth-order valence-electron chi connectivity index (χ4n) is 2.72. The number of rotatable bonds is 7. The summed E-state index contributed by atoms with van der Waals surface area (Å²) in [6.45, 7) is 2.80. The van der Waals surface area contributed by atoms with Gasteiger partial charge in [0.25, 0.3) is 5.91 Å². The molecule has 0 saturated heterocycles. The average Bonchev–Trinajstić information content (AvgIpc) is 3.43. The van der Waals surface area contributed by atoms with Crippen molar-refractivity contribution in [2.45, 2.75) is 26.2 Å². The highest BCUT2D eigenvalue weighted by molar-refractivity contribution is 5.95. The largest absolute Gasteiger partial charge is 0.466 e. The van der Waals surface area contributed by atoms with Gasteiger partial charge in [0.15, 0.2) is 5.69 Å². The summed E-state index contributed by atoms with van der Waals surface area (Å²) in [5.74, 6) is -0.356. The zero-order valence-electron chi connectivity index (χ0n) is 14.2. The Morgan fingerprint density at radius 1 is 1.32 bits per heavy atom. The molecular formula is C18H21N3O4. The number of H-pyrrole nitrogens is 1. The van der Waals surface area contributed by atoms with Crippen LogP contribution in [0.2, 0.25) is 0 Å². The van der Waals surface area contributed by atoms with E-state index in [0.717, 1.165) is 12.8 Å². The summed E-state index contributed by atoms with van der Waals surface area (Å²) in [6.07, 6.45) is 2.23. The predicted octanol–water partition coefficient (Wildman–Crippen LogP) is 1.73. The normalized spacial score (nSPS) is 13.6. The highest BCUT2D eigenvalue weighted by Crippen LogP contribution is 2.30. The van der Waals surface area contributed by atoms with Crippen LogP contribution in [-0.4, -0.2) is 46.7 Å². The number of ether oxygens (including phenoxy) is 1. The Morgan fingerprint density at radius 3 is 2.80 bits per heavy atom. The Hall–Kier alpha value is -2.70. The van der Waals surface area contributed by atoms with E-state index in [4.69, 9.17) is 4.74 Å². The Balaban J connectivity index is 1.82. The van der Waals surface area contributed by atoms with Crippen molar-refractivity contribution in [2.24, 2.45) is 5.92 Å². The average molecular weight is 343 g/mol. The maximum absolute atomic E-state index is 12.8. The summed E-state index contributed by atoms with van der Waals surface area (Å²) in [5, 5.41) is 7.16. The third-order valence-corrected chi connectivity index (χ3v) is 4.23. The molecule has 0 aliphatic heterocycles. The molecule has 0 radical (unpaired) electrons. The van der Waals surface area contributed by atoms with Crippen molar-refractivity contribution in [1.82, 2.24) is 15.1 Å². The van der Waals surface area contributed by atoms with Crippen LogP contribution in [0.5, 0.6) is 0 Å². The van der Waals surface area contributed by atoms with Crippen LogP contribution in [0.25, 0.3) is 10.9 Å². The lowest BCUT2D eigenvalue weighted by Crippen LogP contribution is -2.38. The molecule has 3 rings (SSSR count). The second kappa shape index (κ2) is 7.46. The van der Waals surface area contributed by atoms with E-state index in [-0.39, 0.29) is 24.6 Å². The van der Waals surface area contributed by atoms with E-state index < -0.39 is 11.3 Å². The topological polar surface area (TPSA) is 92.4 Å². The van der Waals surface area contributed by atoms with Crippen LogP contribution in [0, 0.1) is 5.92 Å². The van der Waals surface area contributed by atoms with Crippen LogP contribution < -0.4 is 5.43 Å². The Labute approximate surface area is 145 Å². The maximum atomic E-state index is 12.8. The lowest BCUT2D eigenvalue weighted by Gasteiger charge is -2.21. The van der Waals surface area contributed by atoms with Gasteiger partial charge in [-0.05, 0) is 37.8 Å². The number of hydrogen-bond acceptors (Lipinski definition) is 5. The van der Waals surface area contributed by atoms with Gasteiger partial charge < -0.3 is 9.64 Å². The fraction of sp³-hybridized carbons (Fsp3) is 0.444. The van der Waals surface area contributed by atoms with E-state index >= 15 is 0 Å². The molecule has 1 aromatic heterocycles. The number of fused-ring (bicyclic) bond motifs is 1. The second-order valence-corrected chi connectivity index (χ2v) is 6.20. The van der Waals surface area contributed by atoms with Crippen molar-refractivity contribution in [1.29, 1.82) is 0 Å². The zero-order valence-corrected chi connectivity index (χ0v) is 14.2. The monoisotopic (exact) mass is 343 g/mol. The van der Waals surface area contributed by atoms with Crippen molar-refractivity contribution in [3.05, 3.63) is 40.2 Å². The molecule has 0 unspecified atom stereocenters. The second-order valence-electron chi connectivity index (χ2n) is 6.20. The molecule has 0 atom stereocenters. The summed E-state index contributed by atoms with van der Waals surface area (Å²) in [4.78, 5) is 38.6. The first-order valence-corrected chi connectivity index (χ1v) is 8.52. The minimum absolute atomic E-state index is 0.109. The summed E-state index contributed by atoms with van der Waals surface area (Å²) in [7, 11) is 0. The molecule has 2 aromatic rings. The van der Waals surface area contributed by atoms with Gasteiger partial charge in [0.2, 0.25) is 5.43 Å². The number of esters is 1. The zero-order chi connectivity index (χ0) is 17.8. The lowest BCUT2D eigenvalue weighted by molar-refractivity contribution is -0.143. The maximum Gasteiger partial charge on any atom is 0.307 e. The molecule has 7 nitrogen and oxygen atoms in total. The number of aromatic nitrogens is 2. The fourth-order valence-corrected chi connectivity index (χ4v) is 2.72. The van der Waals surface area contributed by atoms with E-state index in [0.29, 0.717) is 30.0 Å². The number of para-hydroxylation sites is 1. The van der Waals surface area contributed by atoms with Gasteiger partial charge in [-0.1, -0.05) is 12.1 Å². The molecule has 25 heavy (non-hydrogen) atoms. The van der Waals surface area contributed by atoms with Gasteiger partial charge in [0.1, 0.15) is 0 Å². The molecule has 1 aliphatic rings. The van der Waals surface area contributed by atoms with Crippen molar-refractivity contribution in [3.8, 4) is 0 Å². The molecule has 1 saturated carbocycles. The molecule has 1 aromatic carbocycles. The van der Waals surface area contributed by atoms with Crippen molar-refractivity contribution in [3.63, 3.8) is 0 Å². The number of benzene rings is 1. The van der Waals surface area contributed by atoms with Gasteiger partial charge in [-0.25, -0.2) is 0 Å². The number of carbonyl (C=O) groups is 2. The summed E-state index contributed by atoms with van der Waals surface area (Å²) in [5.41, 5.74) is 0.0591. The number of nitrogens with one attached hydrogen (secondary N) is 1. The molecule has 1 N–H and O–H groups in total. The SMILES string of the molecule is CCOC(=O)CCN(CC1CC1)C(=O)c1n[nH]c2ccccc2c1=O. The van der Waals surface area contributed by atoms with Crippen molar-refractivity contribution in [2.75, 3.05) is 19.7 Å². The molecule has 1 fully saturated rings. The van der Waals surface area contributed by atoms with Crippen LogP contribution in [0.4, 0.5) is 0 Å². The highest BCUT2D eigenvalue weighted by Gasteiger charge is 2.29. The van der Waals surface area contributed by atoms with Gasteiger partial charge in [-0.2, -0.15) is 5.10 Å². The van der Waals surface area contributed by atoms with Gasteiger partial charge >= 0.3 is 5.97 Å². The third kappa shape index (κ3) is 4.04. The number of nitrogens with zero attached hydrogens (tertiary/aromatic N) is 2. The number of amides is 1. The third-order valence-electron chi connectivity index (χ3n) is 4.23. The predicted molar refractivity (Wildman–Crippen MR) is 92.2 cm³/mol. The van der Waals surface area contributed by atoms with E-state index in [2.05, 4.69) is 10.2 Å². The van der Waals surface area contributed by atoms with Crippen molar-refractivity contribution < 1.29 is 14.3 Å². The molecule has 1 amide bonds. The summed E-state index contributed by atoms with van der Waals surface area (Å²) >= 11 is 0. The van der Waals surface area contributed by atoms with Crippen LogP contribution >= 0.6 is 0 Å². The minimum Gasteiger partial charge on any atom is -0.466 e. The molecule has 1 heterocycles. The number of aromatic amines is 1. The standard InChI is InChI=1S/C18H21N3O4/c1-2-25-15(22)9-10-21(11-12-7-8-12)18(24)16-17(23)13-5-3-4-6-14(13)19-20-16/h3-6,12H,2,7-11H2,1H3,(H,19,23). The smallest absolute Gasteiger partial charge is 0.307 e. The highest BCUT2D eigenvalue weighted by atomic mass is 16.5. The Morgan fingerprint density at radius 2 is 2.08 bits per heavy atom. The van der Waals surface area contributed by atoms with Crippen LogP contribution in [0.3, 0.4) is 0 Å². The summed E-state index contributed by atoms with van der Waals surface area (Å²) < 4.78 is 4.92. The first-order valence-electron chi connectivity index (χ1n) is 8.52. The van der Waals surface area contributed by atoms with E-state index in [1.807, 2.05) is 0 Å². The van der Waals surface area contributed by atoms with Gasteiger partial charge in [0, 0.05) is 18.5 Å². The van der Waals surface area contributed by atoms with E-state index in [1.54, 1.807) is 36.1 Å². The summed E-state index contributed by atoms with van der Waals surface area (Å²) in [6, 6.07) is 6.94. The molecule has 7 heteroatoms. The van der Waals surface area contributed by atoms with E-state index in [9.17, 15) is 14.4 Å². The van der Waals surface area contributed by atoms with E-state index in [1.165, 1.54) is 0 Å². The molecule has 1 aliphatic carbocycles. The first-order chi connectivity index (χ1) is 12.1. The van der Waals surface area contributed by atoms with Crippen LogP contribution in [-0.2, 0) is 9.53 Å². The lowest BCUT2D eigenvalue weighted by atomic mass is 10.2. The first kappa shape index (κ1) is 17.1. The quantitative estimate of drug-likeness (QED) is 0.773. The van der Waals surface area contributed by atoms with Crippen LogP contribution in [0.15, 0.2) is 29.1 Å². The van der Waals surface area contributed by atoms with Crippen LogP contribution in [0.1, 0.15) is 36.7 Å². The molecular weight excluding hydrogens is 322 g/mol. The number of hydrogen-bond donors (Lipinski definition) is 1. The van der Waals surface area contributed by atoms with Gasteiger partial charge in [0.05, 0.1) is 18.5 Å². The number of carbonyl (C=O) groups excluding carboxylic acids is 2. The molecule has 0 spiro atoms. The minimum atomic E-state index is -0.441. The molecule has 132 valence electrons. The van der Waals surface area contributed by atoms with Gasteiger partial charge in [-0.3, -0.25) is 19.5 Å². The molecule has 0 bridgehead atoms.